The van der Waals surface area contributed by atoms with Crippen molar-refractivity contribution in [1.29, 1.82) is 0 Å². The highest BCUT2D eigenvalue weighted by atomic mass is 35.5. The Morgan fingerprint density at radius 1 is 1.29 bits per heavy atom. The van der Waals surface area contributed by atoms with Crippen molar-refractivity contribution in [1.82, 2.24) is 9.80 Å². The molecule has 3 rings (SSSR count). The zero-order chi connectivity index (χ0) is 13.8. The minimum absolute atomic E-state index is 0. The molecule has 2 aliphatic rings. The first-order valence-electron chi connectivity index (χ1n) is 7.45. The molecule has 0 bridgehead atoms. The van der Waals surface area contributed by atoms with Gasteiger partial charge in [0.2, 0.25) is 5.91 Å². The lowest BCUT2D eigenvalue weighted by molar-refractivity contribution is -0.132. The molecule has 1 unspecified atom stereocenters. The molecule has 1 atom stereocenters. The zero-order valence-corrected chi connectivity index (χ0v) is 14.7. The molecule has 3 heterocycles. The van der Waals surface area contributed by atoms with Gasteiger partial charge in [-0.15, -0.1) is 23.7 Å². The number of halogens is 1. The molecule has 1 aromatic heterocycles. The number of hydrogen-bond acceptors (Lipinski definition) is 4. The van der Waals surface area contributed by atoms with Crippen molar-refractivity contribution in [3.05, 3.63) is 22.4 Å². The monoisotopic (exact) mass is 346 g/mol. The molecule has 0 aliphatic carbocycles. The molecule has 0 spiro atoms. The molecule has 0 aromatic carbocycles. The second kappa shape index (κ2) is 8.42. The van der Waals surface area contributed by atoms with Gasteiger partial charge >= 0.3 is 0 Å². The fraction of sp³-hybridized carbons (Fsp3) is 0.667. The number of carbonyl (C=O) groups is 1. The van der Waals surface area contributed by atoms with Gasteiger partial charge in [0.05, 0.1) is 12.5 Å². The summed E-state index contributed by atoms with van der Waals surface area (Å²) in [7, 11) is 0. The molecule has 6 heteroatoms. The number of carbonyl (C=O) groups excluding carboxylic acids is 1. The topological polar surface area (TPSA) is 23.6 Å². The van der Waals surface area contributed by atoms with E-state index in [1.54, 1.807) is 11.3 Å². The first-order valence-corrected chi connectivity index (χ1v) is 9.48. The van der Waals surface area contributed by atoms with Crippen LogP contribution in [-0.2, 0) is 11.2 Å². The molecule has 0 N–H and O–H groups in total. The van der Waals surface area contributed by atoms with Crippen LogP contribution in [0.1, 0.15) is 17.7 Å². The Morgan fingerprint density at radius 2 is 2.10 bits per heavy atom. The lowest BCUT2D eigenvalue weighted by atomic mass is 10.2. The minimum atomic E-state index is 0. The molecule has 0 radical (unpaired) electrons. The summed E-state index contributed by atoms with van der Waals surface area (Å²) in [6, 6.07) is 4.51. The van der Waals surface area contributed by atoms with E-state index < -0.39 is 0 Å². The lowest BCUT2D eigenvalue weighted by Crippen LogP contribution is -2.51. The molecule has 1 amide bonds. The van der Waals surface area contributed by atoms with E-state index in [0.717, 1.165) is 24.6 Å². The number of rotatable bonds is 4. The van der Waals surface area contributed by atoms with Gasteiger partial charge in [-0.2, -0.15) is 11.8 Å². The predicted molar refractivity (Wildman–Crippen MR) is 93.8 cm³/mol. The standard InChI is InChI=1S/C15H22N2OS2.ClH/c18-15(10-14-4-3-8-20-14)17-7-9-19-12-13(17)11-16-5-1-2-6-16;/h3-4,8,13H,1-2,5-7,9-12H2;1H. The van der Waals surface area contributed by atoms with E-state index in [1.807, 2.05) is 17.8 Å². The molecule has 0 saturated carbocycles. The normalized spacial score (nSPS) is 23.0. The van der Waals surface area contributed by atoms with Crippen LogP contribution in [0.2, 0.25) is 0 Å². The summed E-state index contributed by atoms with van der Waals surface area (Å²) in [6.07, 6.45) is 3.23. The third-order valence-electron chi connectivity index (χ3n) is 4.12. The lowest BCUT2D eigenvalue weighted by Gasteiger charge is -2.37. The summed E-state index contributed by atoms with van der Waals surface area (Å²) in [4.78, 5) is 18.4. The van der Waals surface area contributed by atoms with Crippen LogP contribution in [0.3, 0.4) is 0 Å². The van der Waals surface area contributed by atoms with Gasteiger partial charge in [0, 0.05) is 29.5 Å². The van der Waals surface area contributed by atoms with Crippen LogP contribution in [0.5, 0.6) is 0 Å². The summed E-state index contributed by atoms with van der Waals surface area (Å²) in [6.45, 7) is 4.43. The van der Waals surface area contributed by atoms with Crippen molar-refractivity contribution in [2.75, 3.05) is 37.7 Å². The average Bonchev–Trinajstić information content (AvgIpc) is 3.13. The summed E-state index contributed by atoms with van der Waals surface area (Å²) >= 11 is 3.68. The Morgan fingerprint density at radius 3 is 2.81 bits per heavy atom. The molecule has 3 nitrogen and oxygen atoms in total. The average molecular weight is 347 g/mol. The van der Waals surface area contributed by atoms with Gasteiger partial charge in [-0.05, 0) is 37.4 Å². The Hall–Kier alpha value is -0.230. The summed E-state index contributed by atoms with van der Waals surface area (Å²) in [5.41, 5.74) is 0. The van der Waals surface area contributed by atoms with Crippen LogP contribution < -0.4 is 0 Å². The molecule has 21 heavy (non-hydrogen) atoms. The van der Waals surface area contributed by atoms with Gasteiger partial charge in [-0.1, -0.05) is 6.07 Å². The highest BCUT2D eigenvalue weighted by molar-refractivity contribution is 7.99. The fourth-order valence-electron chi connectivity index (χ4n) is 3.06. The Labute approximate surface area is 141 Å². The van der Waals surface area contributed by atoms with Crippen LogP contribution in [0, 0.1) is 0 Å². The molecular weight excluding hydrogens is 324 g/mol. The van der Waals surface area contributed by atoms with Crippen molar-refractivity contribution in [2.45, 2.75) is 25.3 Å². The third-order valence-corrected chi connectivity index (χ3v) is 6.09. The zero-order valence-electron chi connectivity index (χ0n) is 12.2. The van der Waals surface area contributed by atoms with Crippen molar-refractivity contribution in [2.24, 2.45) is 0 Å². The number of amides is 1. The molecule has 2 fully saturated rings. The molecule has 118 valence electrons. The van der Waals surface area contributed by atoms with Gasteiger partial charge in [-0.3, -0.25) is 4.79 Å². The summed E-state index contributed by atoms with van der Waals surface area (Å²) < 4.78 is 0. The fourth-order valence-corrected chi connectivity index (χ4v) is 4.81. The molecular formula is C15H23ClN2OS2. The van der Waals surface area contributed by atoms with Crippen LogP contribution >= 0.6 is 35.5 Å². The SMILES string of the molecule is Cl.O=C(Cc1cccs1)N1CCSCC1CN1CCCC1. The van der Waals surface area contributed by atoms with Crippen molar-refractivity contribution in [3.63, 3.8) is 0 Å². The van der Waals surface area contributed by atoms with E-state index in [-0.39, 0.29) is 12.4 Å². The van der Waals surface area contributed by atoms with Gasteiger partial charge < -0.3 is 9.80 Å². The third kappa shape index (κ3) is 4.62. The maximum absolute atomic E-state index is 12.6. The Kier molecular flexibility index (Phi) is 6.86. The summed E-state index contributed by atoms with van der Waals surface area (Å²) in [5, 5.41) is 2.05. The van der Waals surface area contributed by atoms with E-state index in [4.69, 9.17) is 0 Å². The maximum atomic E-state index is 12.6. The Balaban J connectivity index is 0.00000161. The first kappa shape index (κ1) is 17.1. The number of thiophene rings is 1. The van der Waals surface area contributed by atoms with E-state index in [2.05, 4.69) is 21.2 Å². The van der Waals surface area contributed by atoms with Crippen LogP contribution in [0.25, 0.3) is 0 Å². The quantitative estimate of drug-likeness (QED) is 0.837. The highest BCUT2D eigenvalue weighted by Gasteiger charge is 2.29. The second-order valence-corrected chi connectivity index (χ2v) is 7.76. The van der Waals surface area contributed by atoms with Crippen molar-refractivity contribution < 1.29 is 4.79 Å². The van der Waals surface area contributed by atoms with Gasteiger partial charge in [0.25, 0.3) is 0 Å². The predicted octanol–water partition coefficient (Wildman–Crippen LogP) is 2.75. The minimum Gasteiger partial charge on any atom is -0.336 e. The van der Waals surface area contributed by atoms with E-state index in [0.29, 0.717) is 18.4 Å². The van der Waals surface area contributed by atoms with E-state index >= 15 is 0 Å². The number of thioether (sulfide) groups is 1. The van der Waals surface area contributed by atoms with E-state index in [9.17, 15) is 4.79 Å². The summed E-state index contributed by atoms with van der Waals surface area (Å²) in [5.74, 6) is 2.51. The van der Waals surface area contributed by atoms with Crippen LogP contribution in [0.4, 0.5) is 0 Å². The highest BCUT2D eigenvalue weighted by Crippen LogP contribution is 2.21. The molecule has 2 saturated heterocycles. The largest absolute Gasteiger partial charge is 0.336 e. The van der Waals surface area contributed by atoms with E-state index in [1.165, 1.54) is 30.8 Å². The van der Waals surface area contributed by atoms with Gasteiger partial charge in [-0.25, -0.2) is 0 Å². The van der Waals surface area contributed by atoms with Gasteiger partial charge in [0.15, 0.2) is 0 Å². The van der Waals surface area contributed by atoms with Crippen molar-refractivity contribution >= 4 is 41.4 Å². The van der Waals surface area contributed by atoms with Gasteiger partial charge in [0.1, 0.15) is 0 Å². The maximum Gasteiger partial charge on any atom is 0.228 e. The molecule has 2 aliphatic heterocycles. The van der Waals surface area contributed by atoms with Crippen molar-refractivity contribution in [3.8, 4) is 0 Å². The smallest absolute Gasteiger partial charge is 0.228 e. The number of likely N-dealkylation sites (tertiary alicyclic amines) is 1. The van der Waals surface area contributed by atoms with Crippen LogP contribution in [-0.4, -0.2) is 59.4 Å². The number of nitrogens with zero attached hydrogens (tertiary/aromatic N) is 2. The first-order chi connectivity index (χ1) is 9.83. The Bertz CT molecular complexity index is 435. The number of hydrogen-bond donors (Lipinski definition) is 0. The molecule has 1 aromatic rings. The second-order valence-electron chi connectivity index (χ2n) is 5.58. The van der Waals surface area contributed by atoms with Crippen LogP contribution in [0.15, 0.2) is 17.5 Å².